The second kappa shape index (κ2) is 8.72. The molecule has 0 spiro atoms. The first-order valence-electron chi connectivity index (χ1n) is 10.1. The molecule has 31 heavy (non-hydrogen) atoms. The van der Waals surface area contributed by atoms with E-state index in [1.807, 2.05) is 18.2 Å². The number of methoxy groups -OCH3 is 2. The van der Waals surface area contributed by atoms with E-state index in [1.165, 1.54) is 11.2 Å². The van der Waals surface area contributed by atoms with Crippen LogP contribution in [0.2, 0.25) is 0 Å². The summed E-state index contributed by atoms with van der Waals surface area (Å²) in [6, 6.07) is 10.7. The number of ether oxygens (including phenoxy) is 2. The lowest BCUT2D eigenvalue weighted by molar-refractivity contribution is -0.116. The van der Waals surface area contributed by atoms with Crippen LogP contribution in [-0.2, 0) is 14.8 Å². The third-order valence-corrected chi connectivity index (χ3v) is 8.74. The van der Waals surface area contributed by atoms with Gasteiger partial charge in [0, 0.05) is 48.7 Å². The van der Waals surface area contributed by atoms with E-state index in [9.17, 15) is 13.2 Å². The fourth-order valence-corrected chi connectivity index (χ4v) is 6.69. The number of carbonyl (C=O) groups is 1. The zero-order chi connectivity index (χ0) is 22.2. The molecule has 0 aliphatic carbocycles. The summed E-state index contributed by atoms with van der Waals surface area (Å²) in [6.07, 6.45) is 0.698. The van der Waals surface area contributed by atoms with Crippen molar-refractivity contribution >= 4 is 33.4 Å². The van der Waals surface area contributed by atoms with Gasteiger partial charge in [0.2, 0.25) is 15.9 Å². The first kappa shape index (κ1) is 22.0. The number of rotatable bonds is 5. The average molecular weight is 463 g/mol. The van der Waals surface area contributed by atoms with Crippen molar-refractivity contribution in [2.24, 2.45) is 0 Å². The molecule has 9 heteroatoms. The number of thioether (sulfide) groups is 1. The van der Waals surface area contributed by atoms with Crippen LogP contribution in [-0.4, -0.2) is 58.2 Å². The predicted molar refractivity (Wildman–Crippen MR) is 121 cm³/mol. The Hall–Kier alpha value is -2.23. The van der Waals surface area contributed by atoms with Crippen molar-refractivity contribution in [3.05, 3.63) is 42.0 Å². The summed E-state index contributed by atoms with van der Waals surface area (Å²) < 4.78 is 39.2. The maximum atomic E-state index is 13.4. The van der Waals surface area contributed by atoms with Crippen LogP contribution >= 0.6 is 11.8 Å². The highest BCUT2D eigenvalue weighted by atomic mass is 32.2. The normalized spacial score (nSPS) is 19.2. The van der Waals surface area contributed by atoms with Crippen molar-refractivity contribution in [2.45, 2.75) is 29.1 Å². The van der Waals surface area contributed by atoms with E-state index in [4.69, 9.17) is 9.47 Å². The standard InChI is InChI=1S/C22H26N2O5S2/c1-15(25)24-10-11-30-22-7-5-18(13-20(22)24)31(26,27)23-9-8-16(14-23)19-12-17(28-2)4-6-21(19)29-3/h4-7,12-13,16H,8-11,14H2,1-3H3/t16-/m0/s1. The molecule has 1 saturated heterocycles. The fraction of sp³-hybridized carbons (Fsp3) is 0.409. The van der Waals surface area contributed by atoms with E-state index in [2.05, 4.69) is 0 Å². The zero-order valence-electron chi connectivity index (χ0n) is 17.8. The van der Waals surface area contributed by atoms with Gasteiger partial charge in [0.25, 0.3) is 0 Å². The van der Waals surface area contributed by atoms with Gasteiger partial charge in [-0.25, -0.2) is 8.42 Å². The van der Waals surface area contributed by atoms with Crippen molar-refractivity contribution in [3.8, 4) is 11.5 Å². The molecule has 2 heterocycles. The average Bonchev–Trinajstić information content (AvgIpc) is 3.28. The summed E-state index contributed by atoms with van der Waals surface area (Å²) in [5.41, 5.74) is 1.62. The Labute approximate surface area is 187 Å². The number of hydrogen-bond donors (Lipinski definition) is 0. The third kappa shape index (κ3) is 4.14. The molecule has 0 N–H and O–H groups in total. The number of benzene rings is 2. The first-order valence-corrected chi connectivity index (χ1v) is 12.5. The Balaban J connectivity index is 1.62. The maximum Gasteiger partial charge on any atom is 0.243 e. The highest BCUT2D eigenvalue weighted by Crippen LogP contribution is 2.40. The molecule has 0 bridgehead atoms. The molecule has 166 valence electrons. The molecule has 0 radical (unpaired) electrons. The number of carbonyl (C=O) groups excluding carboxylic acids is 1. The molecule has 1 fully saturated rings. The zero-order valence-corrected chi connectivity index (χ0v) is 19.5. The molecule has 2 aromatic rings. The summed E-state index contributed by atoms with van der Waals surface area (Å²) in [7, 11) is -0.465. The molecule has 0 saturated carbocycles. The summed E-state index contributed by atoms with van der Waals surface area (Å²) in [5.74, 6) is 2.18. The summed E-state index contributed by atoms with van der Waals surface area (Å²) in [6.45, 7) is 2.88. The van der Waals surface area contributed by atoms with Crippen molar-refractivity contribution in [2.75, 3.05) is 44.5 Å². The van der Waals surface area contributed by atoms with Gasteiger partial charge in [-0.2, -0.15) is 4.31 Å². The monoisotopic (exact) mass is 462 g/mol. The van der Waals surface area contributed by atoms with Crippen LogP contribution in [0, 0.1) is 0 Å². The Morgan fingerprint density at radius 2 is 1.90 bits per heavy atom. The van der Waals surface area contributed by atoms with Crippen LogP contribution in [0.25, 0.3) is 0 Å². The number of fused-ring (bicyclic) bond motifs is 1. The Morgan fingerprint density at radius 3 is 2.61 bits per heavy atom. The van der Waals surface area contributed by atoms with Crippen LogP contribution in [0.15, 0.2) is 46.2 Å². The fourth-order valence-electron chi connectivity index (χ4n) is 4.19. The Morgan fingerprint density at radius 1 is 1.10 bits per heavy atom. The lowest BCUT2D eigenvalue weighted by Crippen LogP contribution is -2.34. The number of anilines is 1. The van der Waals surface area contributed by atoms with Gasteiger partial charge in [-0.3, -0.25) is 4.79 Å². The van der Waals surface area contributed by atoms with Crippen LogP contribution < -0.4 is 14.4 Å². The van der Waals surface area contributed by atoms with Crippen LogP contribution in [0.1, 0.15) is 24.8 Å². The first-order chi connectivity index (χ1) is 14.8. The highest BCUT2D eigenvalue weighted by molar-refractivity contribution is 7.99. The van der Waals surface area contributed by atoms with Crippen molar-refractivity contribution in [1.29, 1.82) is 0 Å². The number of nitrogens with zero attached hydrogens (tertiary/aromatic N) is 2. The van der Waals surface area contributed by atoms with E-state index in [1.54, 1.807) is 49.1 Å². The summed E-state index contributed by atoms with van der Waals surface area (Å²) in [5, 5.41) is 0. The van der Waals surface area contributed by atoms with Crippen molar-refractivity contribution in [1.82, 2.24) is 4.31 Å². The van der Waals surface area contributed by atoms with E-state index in [0.29, 0.717) is 37.5 Å². The smallest absolute Gasteiger partial charge is 0.243 e. The van der Waals surface area contributed by atoms with Gasteiger partial charge in [-0.05, 0) is 42.8 Å². The highest BCUT2D eigenvalue weighted by Gasteiger charge is 2.35. The minimum Gasteiger partial charge on any atom is -0.497 e. The third-order valence-electron chi connectivity index (χ3n) is 5.84. The Kier molecular flexibility index (Phi) is 6.18. The van der Waals surface area contributed by atoms with E-state index in [-0.39, 0.29) is 16.7 Å². The number of amides is 1. The summed E-state index contributed by atoms with van der Waals surface area (Å²) in [4.78, 5) is 14.8. The lowest BCUT2D eigenvalue weighted by Gasteiger charge is -2.29. The topological polar surface area (TPSA) is 76.2 Å². The molecule has 2 aliphatic rings. The van der Waals surface area contributed by atoms with Gasteiger partial charge in [0.15, 0.2) is 0 Å². The maximum absolute atomic E-state index is 13.4. The Bertz CT molecular complexity index is 1100. The van der Waals surface area contributed by atoms with Gasteiger partial charge in [-0.15, -0.1) is 11.8 Å². The molecular weight excluding hydrogens is 436 g/mol. The SMILES string of the molecule is COc1ccc(OC)c([C@H]2CCN(S(=O)(=O)c3ccc4c(c3)N(C(C)=O)CCS4)C2)c1. The number of sulfonamides is 1. The molecule has 1 amide bonds. The molecule has 4 rings (SSSR count). The van der Waals surface area contributed by atoms with Gasteiger partial charge in [0.05, 0.1) is 24.8 Å². The quantitative estimate of drug-likeness (QED) is 0.678. The van der Waals surface area contributed by atoms with Gasteiger partial charge in [0.1, 0.15) is 11.5 Å². The minimum atomic E-state index is -3.68. The molecule has 2 aromatic carbocycles. The van der Waals surface area contributed by atoms with E-state index in [0.717, 1.165) is 22.0 Å². The van der Waals surface area contributed by atoms with Crippen molar-refractivity contribution in [3.63, 3.8) is 0 Å². The summed E-state index contributed by atoms with van der Waals surface area (Å²) >= 11 is 1.64. The second-order valence-corrected chi connectivity index (χ2v) is 10.7. The van der Waals surface area contributed by atoms with Crippen LogP contribution in [0.4, 0.5) is 5.69 Å². The lowest BCUT2D eigenvalue weighted by atomic mass is 9.97. The van der Waals surface area contributed by atoms with Gasteiger partial charge >= 0.3 is 0 Å². The number of hydrogen-bond acceptors (Lipinski definition) is 6. The van der Waals surface area contributed by atoms with Crippen LogP contribution in [0.5, 0.6) is 11.5 Å². The molecule has 0 aromatic heterocycles. The van der Waals surface area contributed by atoms with Gasteiger partial charge < -0.3 is 14.4 Å². The molecule has 0 unspecified atom stereocenters. The largest absolute Gasteiger partial charge is 0.497 e. The van der Waals surface area contributed by atoms with Crippen LogP contribution in [0.3, 0.4) is 0 Å². The predicted octanol–water partition coefficient (Wildman–Crippen LogP) is 3.34. The van der Waals surface area contributed by atoms with E-state index < -0.39 is 10.0 Å². The van der Waals surface area contributed by atoms with Crippen molar-refractivity contribution < 1.29 is 22.7 Å². The molecular formula is C22H26N2O5S2. The van der Waals surface area contributed by atoms with Gasteiger partial charge in [-0.1, -0.05) is 0 Å². The minimum absolute atomic E-state index is 0.0155. The second-order valence-electron chi connectivity index (χ2n) is 7.61. The molecule has 7 nitrogen and oxygen atoms in total. The molecule has 2 aliphatic heterocycles. The van der Waals surface area contributed by atoms with E-state index >= 15 is 0 Å². The molecule has 1 atom stereocenters.